The second-order valence-electron chi connectivity index (χ2n) is 27.8. The molecule has 10 N–H and O–H groups in total. The fourth-order valence-electron chi connectivity index (χ4n) is 12.7. The number of nitrogens with zero attached hydrogens (tertiary/aromatic N) is 3. The lowest BCUT2D eigenvalue weighted by Crippen LogP contribution is -2.60. The average Bonchev–Trinajstić information content (AvgIpc) is 1.92. The predicted octanol–water partition coefficient (Wildman–Crippen LogP) is 5.70. The van der Waals surface area contributed by atoms with E-state index in [2.05, 4.69) is 36.3 Å². The van der Waals surface area contributed by atoms with Crippen molar-refractivity contribution in [3.05, 3.63) is 57.8 Å². The summed E-state index contributed by atoms with van der Waals surface area (Å²) in [6.07, 6.45) is -1.14. The van der Waals surface area contributed by atoms with Gasteiger partial charge in [-0.1, -0.05) is 39.0 Å². The first-order valence-electron chi connectivity index (χ1n) is 30.7. The normalized spacial score (nSPS) is 24.6. The highest BCUT2D eigenvalue weighted by Crippen LogP contribution is 2.44. The Hall–Kier alpha value is -6.99. The Bertz CT molecular complexity index is 3290. The van der Waals surface area contributed by atoms with Gasteiger partial charge in [-0.05, 0) is 168 Å². The number of ether oxygens (including phenoxy) is 3. The number of nitrogens with two attached hydrogens (primary N) is 1. The van der Waals surface area contributed by atoms with Crippen LogP contribution in [0.25, 0.3) is 10.9 Å². The van der Waals surface area contributed by atoms with Gasteiger partial charge in [0.15, 0.2) is 0 Å². The number of alkyl carbamates (subject to hydrolysis) is 1. The van der Waals surface area contributed by atoms with Crippen molar-refractivity contribution < 1.29 is 66.4 Å². The van der Waals surface area contributed by atoms with Crippen LogP contribution < -0.4 is 41.8 Å². The molecule has 25 heteroatoms. The minimum Gasteiger partial charge on any atom is -0.487 e. The maximum Gasteiger partial charge on any atom is 0.416 e. The van der Waals surface area contributed by atoms with Crippen LogP contribution in [-0.4, -0.2) is 155 Å². The lowest BCUT2D eigenvalue weighted by atomic mass is 9.83. The van der Waals surface area contributed by atoms with E-state index in [0.717, 1.165) is 10.1 Å². The van der Waals surface area contributed by atoms with Gasteiger partial charge in [0, 0.05) is 61.0 Å². The summed E-state index contributed by atoms with van der Waals surface area (Å²) in [5.74, 6) is -3.54. The van der Waals surface area contributed by atoms with Crippen LogP contribution in [0.5, 0.6) is 5.75 Å². The Kier molecular flexibility index (Phi) is 21.0. The number of carboxylic acid groups (broad SMARTS) is 1. The maximum absolute atomic E-state index is 15.4. The van der Waals surface area contributed by atoms with E-state index < -0.39 is 122 Å². The third-order valence-corrected chi connectivity index (χ3v) is 18.3. The Balaban J connectivity index is 1.27. The van der Waals surface area contributed by atoms with Crippen molar-refractivity contribution in [1.29, 1.82) is 0 Å². The molecular formula is C63H94N10O14S. The number of aliphatic hydroxyl groups excluding tert-OH is 1. The molecule has 0 spiro atoms. The highest BCUT2D eigenvalue weighted by molar-refractivity contribution is 7.90. The Morgan fingerprint density at radius 3 is 2.11 bits per heavy atom. The zero-order valence-electron chi connectivity index (χ0n) is 53.7. The molecule has 6 atom stereocenters. The second-order valence-corrected chi connectivity index (χ2v) is 29.4. The monoisotopic (exact) mass is 1250 g/mol. The molecule has 486 valence electrons. The van der Waals surface area contributed by atoms with E-state index >= 15 is 19.2 Å². The number of fused-ring (bicyclic) bond motifs is 3. The number of amides is 6. The van der Waals surface area contributed by atoms with Gasteiger partial charge in [-0.2, -0.15) is 0 Å². The molecule has 0 unspecified atom stereocenters. The van der Waals surface area contributed by atoms with Gasteiger partial charge in [-0.25, -0.2) is 27.3 Å². The third kappa shape index (κ3) is 16.8. The summed E-state index contributed by atoms with van der Waals surface area (Å²) in [5, 5.41) is 36.1. The Morgan fingerprint density at radius 1 is 0.841 bits per heavy atom. The van der Waals surface area contributed by atoms with Crippen LogP contribution in [0.4, 0.5) is 9.59 Å². The van der Waals surface area contributed by atoms with Gasteiger partial charge < -0.3 is 61.6 Å². The molecule has 24 nitrogen and oxygen atoms in total. The quantitative estimate of drug-likeness (QED) is 0.0596. The maximum atomic E-state index is 15.4. The molecule has 0 bridgehead atoms. The summed E-state index contributed by atoms with van der Waals surface area (Å²) in [4.78, 5) is 108. The Morgan fingerprint density at radius 2 is 1.48 bits per heavy atom. The van der Waals surface area contributed by atoms with Gasteiger partial charge in [0.25, 0.3) is 10.0 Å². The molecule has 1 aromatic heterocycles. The minimum atomic E-state index is -4.28. The second kappa shape index (κ2) is 27.0. The molecule has 88 heavy (non-hydrogen) atoms. The molecule has 1 saturated carbocycles. The smallest absolute Gasteiger partial charge is 0.416 e. The van der Waals surface area contributed by atoms with E-state index in [1.165, 1.54) is 4.90 Å². The number of benzene rings is 2. The van der Waals surface area contributed by atoms with Crippen LogP contribution in [0.1, 0.15) is 174 Å². The summed E-state index contributed by atoms with van der Waals surface area (Å²) >= 11 is 0. The van der Waals surface area contributed by atoms with Gasteiger partial charge in [0.2, 0.25) is 35.5 Å². The van der Waals surface area contributed by atoms with Crippen LogP contribution in [0.15, 0.2) is 34.2 Å². The summed E-state index contributed by atoms with van der Waals surface area (Å²) in [6.45, 7) is 24.9. The largest absolute Gasteiger partial charge is 0.487 e. The number of hydrogen-bond acceptors (Lipinski definition) is 14. The average molecular weight is 1250 g/mol. The lowest BCUT2D eigenvalue weighted by molar-refractivity contribution is -0.141. The first-order valence-corrected chi connectivity index (χ1v) is 32.2. The number of carbonyl (C=O) groups excluding carboxylic acids is 6. The van der Waals surface area contributed by atoms with E-state index in [1.807, 2.05) is 55.4 Å². The summed E-state index contributed by atoms with van der Waals surface area (Å²) in [6, 6.07) is 0.123. The standard InChI is InChI=1S/C63H94N10O14S/c1-34-35(2)50(36(3)42-32-63(13,14)86-49(34)42)88(83,84)71-57(64)66-28-17-20-43-52(75)65-27-18-21-44(70-58(80)87-62(10,11)12)56(79)72-33-39(85-61(7,8)9)30-48(72)55(78)69-45(29-37-23-25-38(74)26-24-37)53(76)68-46(54(77)67-43)31-41-40-19-15-16-22-47(40)73(59(81)82)51(41)60(4,5)6/h15-16,19,22,37-39,43-46,48,74H,17-18,20-21,23-33H2,1-14H3,(H,65,75)(H,67,77)(H,68,76)(H,69,78)(H,70,80)(H,81,82)(H3,64,66,71)/t37?,38?,39-,43+,44+,45-,46+,48+/m1/s1. The molecular weight excluding hydrogens is 1150 g/mol. The van der Waals surface area contributed by atoms with E-state index in [0.29, 0.717) is 76.7 Å². The van der Waals surface area contributed by atoms with Crippen molar-refractivity contribution in [2.24, 2.45) is 16.6 Å². The third-order valence-electron chi connectivity index (χ3n) is 16.6. The van der Waals surface area contributed by atoms with Crippen LogP contribution in [-0.2, 0) is 61.7 Å². The van der Waals surface area contributed by atoms with Crippen molar-refractivity contribution in [1.82, 2.24) is 40.8 Å². The topological polar surface area (TPSA) is 341 Å². The number of aliphatic imine (C=N–C) groups is 1. The van der Waals surface area contributed by atoms with Gasteiger partial charge in [0.1, 0.15) is 47.2 Å². The van der Waals surface area contributed by atoms with Gasteiger partial charge >= 0.3 is 12.2 Å². The fourth-order valence-corrected chi connectivity index (χ4v) is 14.3. The van der Waals surface area contributed by atoms with Crippen molar-refractivity contribution in [3.8, 4) is 5.75 Å². The van der Waals surface area contributed by atoms with Crippen LogP contribution in [0, 0.1) is 26.7 Å². The first-order chi connectivity index (χ1) is 40.8. The van der Waals surface area contributed by atoms with Gasteiger partial charge in [-0.3, -0.25) is 29.0 Å². The molecule has 3 aliphatic heterocycles. The summed E-state index contributed by atoms with van der Waals surface area (Å²) in [7, 11) is -4.28. The van der Waals surface area contributed by atoms with Gasteiger partial charge in [-0.15, -0.1) is 0 Å². The van der Waals surface area contributed by atoms with Crippen molar-refractivity contribution in [3.63, 3.8) is 0 Å². The van der Waals surface area contributed by atoms with E-state index in [-0.39, 0.29) is 75.4 Å². The van der Waals surface area contributed by atoms with Crippen LogP contribution in [0.3, 0.4) is 0 Å². The molecule has 4 heterocycles. The molecule has 0 radical (unpaired) electrons. The number of aromatic nitrogens is 1. The molecule has 2 aromatic carbocycles. The highest BCUT2D eigenvalue weighted by Gasteiger charge is 2.46. The van der Waals surface area contributed by atoms with Crippen LogP contribution >= 0.6 is 0 Å². The fraction of sp³-hybridized carbons (Fsp3) is 0.651. The lowest BCUT2D eigenvalue weighted by Gasteiger charge is -2.33. The van der Waals surface area contributed by atoms with Crippen molar-refractivity contribution in [2.75, 3.05) is 19.6 Å². The van der Waals surface area contributed by atoms with E-state index in [1.54, 1.807) is 65.8 Å². The molecule has 2 saturated heterocycles. The predicted molar refractivity (Wildman–Crippen MR) is 331 cm³/mol. The molecule has 6 amide bonds. The summed E-state index contributed by atoms with van der Waals surface area (Å²) in [5.41, 5.74) is 6.85. The highest BCUT2D eigenvalue weighted by atomic mass is 32.2. The minimum absolute atomic E-state index is 0.0281. The SMILES string of the molecule is Cc1c(C)c(S(=O)(=O)NC(N)=NCCC[C@@H]2NC(=O)[C@H](Cc3c(C(C)(C)C)n(C(=O)O)c4ccccc34)NC(=O)[C@@H](CC3CCC(O)CC3)NC(=O)[C@@H]3C[C@@H](OC(C)(C)C)CN3C(=O)[C@@H](NC(=O)OC(C)(C)C)CCCNC2=O)c(C)c2c1OC(C)(C)C2. The number of aliphatic hydroxyl groups is 1. The molecule has 4 aliphatic rings. The zero-order valence-corrected chi connectivity index (χ0v) is 54.5. The number of carbonyl (C=O) groups is 7. The Labute approximate surface area is 517 Å². The van der Waals surface area contributed by atoms with Crippen molar-refractivity contribution in [2.45, 2.75) is 244 Å². The van der Waals surface area contributed by atoms with Crippen molar-refractivity contribution >= 4 is 68.6 Å². The molecule has 7 rings (SSSR count). The van der Waals surface area contributed by atoms with Gasteiger partial charge in [0.05, 0.1) is 28.2 Å². The zero-order chi connectivity index (χ0) is 65.2. The molecule has 3 aromatic rings. The number of guanidine groups is 1. The first kappa shape index (κ1) is 68.5. The summed E-state index contributed by atoms with van der Waals surface area (Å²) < 4.78 is 49.9. The number of hydrogen-bond donors (Lipinski definition) is 9. The van der Waals surface area contributed by atoms with Crippen LogP contribution in [0.2, 0.25) is 0 Å². The number of sulfonamides is 1. The number of rotatable bonds is 12. The van der Waals surface area contributed by atoms with E-state index in [4.69, 9.17) is 19.9 Å². The number of para-hydroxylation sites is 1. The van der Waals surface area contributed by atoms with E-state index in [9.17, 15) is 33.0 Å². The number of nitrogens with one attached hydrogen (secondary N) is 6. The molecule has 1 aliphatic carbocycles. The molecule has 3 fully saturated rings.